The van der Waals surface area contributed by atoms with Crippen LogP contribution in [0.2, 0.25) is 0 Å². The minimum absolute atomic E-state index is 0.0257. The van der Waals surface area contributed by atoms with Crippen LogP contribution >= 0.6 is 0 Å². The Balaban J connectivity index is 1.75. The summed E-state index contributed by atoms with van der Waals surface area (Å²) in [6, 6.07) is 14.8. The van der Waals surface area contributed by atoms with E-state index in [1.54, 1.807) is 31.2 Å². The van der Waals surface area contributed by atoms with E-state index in [1.807, 2.05) is 35.9 Å². The number of sulfonamides is 1. The molecule has 0 unspecified atom stereocenters. The second-order valence-electron chi connectivity index (χ2n) is 5.40. The molecule has 0 radical (unpaired) electrons. The number of para-hydroxylation sites is 2. The van der Waals surface area contributed by atoms with Crippen LogP contribution in [-0.2, 0) is 23.7 Å². The molecule has 0 bridgehead atoms. The van der Waals surface area contributed by atoms with Gasteiger partial charge in [-0.2, -0.15) is 0 Å². The Morgan fingerprint density at radius 1 is 1.17 bits per heavy atom. The van der Waals surface area contributed by atoms with Crippen LogP contribution in [0, 0.1) is 0 Å². The Morgan fingerprint density at radius 3 is 2.71 bits per heavy atom. The summed E-state index contributed by atoms with van der Waals surface area (Å²) < 4.78 is 33.5. The summed E-state index contributed by atoms with van der Waals surface area (Å²) in [7, 11) is -1.36. The van der Waals surface area contributed by atoms with Crippen LogP contribution in [0.25, 0.3) is 11.0 Å². The third kappa shape index (κ3) is 3.51. The van der Waals surface area contributed by atoms with Crippen molar-refractivity contribution in [1.82, 2.24) is 9.55 Å². The maximum absolute atomic E-state index is 11.6. The van der Waals surface area contributed by atoms with Crippen molar-refractivity contribution in [2.24, 2.45) is 7.05 Å². The molecule has 7 heteroatoms. The lowest BCUT2D eigenvalue weighted by atomic mass is 10.3. The number of rotatable bonds is 6. The zero-order valence-electron chi connectivity index (χ0n) is 13.6. The molecule has 0 spiro atoms. The first-order chi connectivity index (χ1) is 11.5. The van der Waals surface area contributed by atoms with Gasteiger partial charge in [-0.15, -0.1) is 0 Å². The van der Waals surface area contributed by atoms with E-state index in [4.69, 9.17) is 4.74 Å². The molecule has 6 nitrogen and oxygen atoms in total. The van der Waals surface area contributed by atoms with Crippen molar-refractivity contribution >= 4 is 26.7 Å². The van der Waals surface area contributed by atoms with Gasteiger partial charge in [0.25, 0.3) is 0 Å². The first-order valence-electron chi connectivity index (χ1n) is 7.62. The van der Waals surface area contributed by atoms with E-state index < -0.39 is 10.0 Å². The monoisotopic (exact) mass is 345 g/mol. The van der Waals surface area contributed by atoms with E-state index >= 15 is 0 Å². The fourth-order valence-corrected chi connectivity index (χ4v) is 3.00. The average Bonchev–Trinajstić information content (AvgIpc) is 2.89. The van der Waals surface area contributed by atoms with Gasteiger partial charge in [-0.05, 0) is 31.2 Å². The first-order valence-corrected chi connectivity index (χ1v) is 9.27. The fourth-order valence-electron chi connectivity index (χ4n) is 2.37. The number of aryl methyl sites for hydroxylation is 1. The summed E-state index contributed by atoms with van der Waals surface area (Å²) in [5.41, 5.74) is 2.45. The van der Waals surface area contributed by atoms with Gasteiger partial charge in [0, 0.05) is 13.1 Å². The third-order valence-electron chi connectivity index (χ3n) is 3.74. The first kappa shape index (κ1) is 16.3. The van der Waals surface area contributed by atoms with Crippen molar-refractivity contribution in [3.63, 3.8) is 0 Å². The summed E-state index contributed by atoms with van der Waals surface area (Å²) in [5.74, 6) is 1.41. The number of fused-ring (bicyclic) bond motifs is 1. The smallest absolute Gasteiger partial charge is 0.232 e. The van der Waals surface area contributed by atoms with Crippen LogP contribution < -0.4 is 9.46 Å². The normalized spacial score (nSPS) is 11.6. The van der Waals surface area contributed by atoms with E-state index in [9.17, 15) is 8.42 Å². The molecule has 1 aromatic heterocycles. The minimum atomic E-state index is -3.30. The molecule has 0 aliphatic rings. The van der Waals surface area contributed by atoms with Crippen molar-refractivity contribution in [1.29, 1.82) is 0 Å². The Kier molecular flexibility index (Phi) is 4.44. The lowest BCUT2D eigenvalue weighted by molar-refractivity contribution is 0.292. The summed E-state index contributed by atoms with van der Waals surface area (Å²) in [6.07, 6.45) is 0. The molecule has 0 saturated heterocycles. The zero-order valence-corrected chi connectivity index (χ0v) is 14.4. The van der Waals surface area contributed by atoms with Gasteiger partial charge in [-0.3, -0.25) is 4.72 Å². The van der Waals surface area contributed by atoms with Crippen molar-refractivity contribution in [3.05, 3.63) is 54.4 Å². The standard InChI is InChI=1S/C17H19N3O3S/c1-3-24(21,22)19-13-7-6-8-14(11-13)23-12-17-18-15-9-4-5-10-16(15)20(17)2/h4-11,19H,3,12H2,1-2H3. The molecule has 2 aromatic carbocycles. The largest absolute Gasteiger partial charge is 0.486 e. The summed E-state index contributed by atoms with van der Waals surface area (Å²) >= 11 is 0. The summed E-state index contributed by atoms with van der Waals surface area (Å²) in [6.45, 7) is 1.89. The van der Waals surface area contributed by atoms with Gasteiger partial charge >= 0.3 is 0 Å². The van der Waals surface area contributed by atoms with Crippen LogP contribution in [0.1, 0.15) is 12.7 Å². The van der Waals surface area contributed by atoms with Crippen LogP contribution in [0.5, 0.6) is 5.75 Å². The average molecular weight is 345 g/mol. The maximum atomic E-state index is 11.6. The highest BCUT2D eigenvalue weighted by molar-refractivity contribution is 7.92. The predicted molar refractivity (Wildman–Crippen MR) is 94.6 cm³/mol. The molecule has 1 heterocycles. The highest BCUT2D eigenvalue weighted by Crippen LogP contribution is 2.20. The van der Waals surface area contributed by atoms with Crippen LogP contribution in [-0.4, -0.2) is 23.7 Å². The number of nitrogens with one attached hydrogen (secondary N) is 1. The van der Waals surface area contributed by atoms with Crippen molar-refractivity contribution in [3.8, 4) is 5.75 Å². The molecular weight excluding hydrogens is 326 g/mol. The van der Waals surface area contributed by atoms with Gasteiger partial charge < -0.3 is 9.30 Å². The molecule has 126 valence electrons. The SMILES string of the molecule is CCS(=O)(=O)Nc1cccc(OCc2nc3ccccc3n2C)c1. The fraction of sp³-hybridized carbons (Fsp3) is 0.235. The Morgan fingerprint density at radius 2 is 1.96 bits per heavy atom. The number of aromatic nitrogens is 2. The molecule has 1 N–H and O–H groups in total. The van der Waals surface area contributed by atoms with Crippen LogP contribution in [0.15, 0.2) is 48.5 Å². The van der Waals surface area contributed by atoms with E-state index in [2.05, 4.69) is 9.71 Å². The zero-order chi connectivity index (χ0) is 17.2. The second-order valence-corrected chi connectivity index (χ2v) is 7.41. The molecule has 0 atom stereocenters. The van der Waals surface area contributed by atoms with Crippen LogP contribution in [0.4, 0.5) is 5.69 Å². The van der Waals surface area contributed by atoms with Gasteiger partial charge in [0.2, 0.25) is 10.0 Å². The molecule has 0 aliphatic carbocycles. The topological polar surface area (TPSA) is 73.2 Å². The van der Waals surface area contributed by atoms with Gasteiger partial charge in [-0.25, -0.2) is 13.4 Å². The van der Waals surface area contributed by atoms with E-state index in [0.717, 1.165) is 16.9 Å². The van der Waals surface area contributed by atoms with Gasteiger partial charge in [0.15, 0.2) is 0 Å². The predicted octanol–water partition coefficient (Wildman–Crippen LogP) is 2.91. The molecule has 24 heavy (non-hydrogen) atoms. The Bertz CT molecular complexity index is 964. The minimum Gasteiger partial charge on any atom is -0.486 e. The number of imidazole rings is 1. The van der Waals surface area contributed by atoms with Gasteiger partial charge in [0.05, 0.1) is 22.5 Å². The molecule has 0 amide bonds. The highest BCUT2D eigenvalue weighted by atomic mass is 32.2. The number of benzene rings is 2. The molecule has 3 rings (SSSR count). The number of hydrogen-bond acceptors (Lipinski definition) is 4. The molecular formula is C17H19N3O3S. The second kappa shape index (κ2) is 6.52. The van der Waals surface area contributed by atoms with E-state index in [0.29, 0.717) is 18.0 Å². The molecule has 0 aliphatic heterocycles. The van der Waals surface area contributed by atoms with Crippen molar-refractivity contribution in [2.45, 2.75) is 13.5 Å². The van der Waals surface area contributed by atoms with Gasteiger partial charge in [-0.1, -0.05) is 18.2 Å². The Labute approximate surface area is 141 Å². The summed E-state index contributed by atoms with van der Waals surface area (Å²) in [5, 5.41) is 0. The molecule has 0 saturated carbocycles. The van der Waals surface area contributed by atoms with Crippen molar-refractivity contribution in [2.75, 3.05) is 10.5 Å². The third-order valence-corrected chi connectivity index (χ3v) is 5.04. The quantitative estimate of drug-likeness (QED) is 0.745. The number of hydrogen-bond donors (Lipinski definition) is 1. The van der Waals surface area contributed by atoms with E-state index in [1.165, 1.54) is 0 Å². The van der Waals surface area contributed by atoms with Crippen LogP contribution in [0.3, 0.4) is 0 Å². The van der Waals surface area contributed by atoms with E-state index in [-0.39, 0.29) is 5.75 Å². The number of anilines is 1. The summed E-state index contributed by atoms with van der Waals surface area (Å²) in [4.78, 5) is 4.55. The van der Waals surface area contributed by atoms with Gasteiger partial charge in [0.1, 0.15) is 18.2 Å². The number of nitrogens with zero attached hydrogens (tertiary/aromatic N) is 2. The molecule has 3 aromatic rings. The highest BCUT2D eigenvalue weighted by Gasteiger charge is 2.09. The lowest BCUT2D eigenvalue weighted by Crippen LogP contribution is -2.14. The maximum Gasteiger partial charge on any atom is 0.232 e. The van der Waals surface area contributed by atoms with Crippen molar-refractivity contribution < 1.29 is 13.2 Å². The lowest BCUT2D eigenvalue weighted by Gasteiger charge is -2.09. The number of ether oxygens (including phenoxy) is 1. The Hall–Kier alpha value is -2.54. The molecule has 0 fully saturated rings.